The van der Waals surface area contributed by atoms with E-state index in [0.29, 0.717) is 11.3 Å². The molecule has 0 aliphatic carbocycles. The normalized spacial score (nSPS) is 14.1. The molecule has 2 unspecified atom stereocenters. The second-order valence-electron chi connectivity index (χ2n) is 5.75. The lowest BCUT2D eigenvalue weighted by Gasteiger charge is -2.25. The van der Waals surface area contributed by atoms with Gasteiger partial charge in [0.2, 0.25) is 0 Å². The molecule has 2 rings (SSSR count). The van der Waals surface area contributed by atoms with E-state index in [4.69, 9.17) is 10.00 Å². The van der Waals surface area contributed by atoms with Crippen molar-refractivity contribution in [2.45, 2.75) is 25.6 Å². The fourth-order valence-corrected chi connectivity index (χ4v) is 2.17. The zero-order chi connectivity index (χ0) is 17.6. The van der Waals surface area contributed by atoms with Gasteiger partial charge in [-0.3, -0.25) is 4.79 Å². The molecule has 2 aromatic rings. The van der Waals surface area contributed by atoms with Gasteiger partial charge in [-0.1, -0.05) is 30.3 Å². The summed E-state index contributed by atoms with van der Waals surface area (Å²) in [5.74, 6) is 0.182. The molecule has 5 heteroatoms. The quantitative estimate of drug-likeness (QED) is 0.854. The summed E-state index contributed by atoms with van der Waals surface area (Å²) in [5, 5.41) is 21.9. The van der Waals surface area contributed by atoms with Gasteiger partial charge in [-0.05, 0) is 43.7 Å². The number of ether oxygens (including phenoxy) is 1. The van der Waals surface area contributed by atoms with Crippen LogP contribution in [0.1, 0.15) is 25.0 Å². The lowest BCUT2D eigenvalue weighted by molar-refractivity contribution is -0.128. The van der Waals surface area contributed by atoms with Crippen molar-refractivity contribution in [1.29, 1.82) is 5.26 Å². The molecule has 0 fully saturated rings. The monoisotopic (exact) mass is 324 g/mol. The minimum Gasteiger partial charge on any atom is -0.481 e. The summed E-state index contributed by atoms with van der Waals surface area (Å²) < 4.78 is 5.54. The molecule has 124 valence electrons. The Hall–Kier alpha value is -2.84. The van der Waals surface area contributed by atoms with E-state index in [1.807, 2.05) is 36.4 Å². The summed E-state index contributed by atoms with van der Waals surface area (Å²) in [6.07, 6.45) is -0.718. The molecular formula is C19H20N2O3. The van der Waals surface area contributed by atoms with Gasteiger partial charge >= 0.3 is 0 Å². The number of rotatable bonds is 6. The van der Waals surface area contributed by atoms with Gasteiger partial charge in [-0.25, -0.2) is 0 Å². The smallest absolute Gasteiger partial charge is 0.260 e. The number of nitrogens with zero attached hydrogens (tertiary/aromatic N) is 1. The Bertz CT molecular complexity index is 719. The predicted octanol–water partition coefficient (Wildman–Crippen LogP) is 2.35. The largest absolute Gasteiger partial charge is 0.481 e. The van der Waals surface area contributed by atoms with Crippen LogP contribution in [0, 0.1) is 11.3 Å². The van der Waals surface area contributed by atoms with Crippen LogP contribution in [0.4, 0.5) is 0 Å². The molecular weight excluding hydrogens is 304 g/mol. The molecule has 1 amide bonds. The van der Waals surface area contributed by atoms with Crippen molar-refractivity contribution in [3.63, 3.8) is 0 Å². The van der Waals surface area contributed by atoms with Crippen LogP contribution < -0.4 is 10.1 Å². The molecule has 0 aliphatic heterocycles. The highest BCUT2D eigenvalue weighted by molar-refractivity contribution is 5.80. The molecule has 0 aromatic heterocycles. The molecule has 0 spiro atoms. The maximum Gasteiger partial charge on any atom is 0.260 e. The van der Waals surface area contributed by atoms with E-state index >= 15 is 0 Å². The Morgan fingerprint density at radius 1 is 1.25 bits per heavy atom. The van der Waals surface area contributed by atoms with Gasteiger partial charge < -0.3 is 15.2 Å². The molecule has 24 heavy (non-hydrogen) atoms. The van der Waals surface area contributed by atoms with Gasteiger partial charge in [-0.2, -0.15) is 5.26 Å². The first kappa shape index (κ1) is 17.5. The third-order valence-corrected chi connectivity index (χ3v) is 3.67. The highest BCUT2D eigenvalue weighted by Crippen LogP contribution is 2.19. The van der Waals surface area contributed by atoms with Crippen LogP contribution in [-0.2, 0) is 10.4 Å². The zero-order valence-electron chi connectivity index (χ0n) is 13.7. The van der Waals surface area contributed by atoms with Crippen molar-refractivity contribution < 1.29 is 14.6 Å². The topological polar surface area (TPSA) is 82.3 Å². The Kier molecular flexibility index (Phi) is 5.56. The Morgan fingerprint density at radius 2 is 1.88 bits per heavy atom. The highest BCUT2D eigenvalue weighted by atomic mass is 16.5. The van der Waals surface area contributed by atoms with Crippen LogP contribution >= 0.6 is 0 Å². The molecule has 0 saturated carbocycles. The van der Waals surface area contributed by atoms with Crippen LogP contribution in [0.25, 0.3) is 0 Å². The second kappa shape index (κ2) is 7.62. The number of amides is 1. The Labute approximate surface area is 141 Å². The minimum absolute atomic E-state index is 0.0803. The van der Waals surface area contributed by atoms with Gasteiger partial charge in [0.1, 0.15) is 11.4 Å². The van der Waals surface area contributed by atoms with Crippen molar-refractivity contribution in [1.82, 2.24) is 5.32 Å². The van der Waals surface area contributed by atoms with Gasteiger partial charge in [0.15, 0.2) is 6.10 Å². The van der Waals surface area contributed by atoms with Crippen LogP contribution in [0.3, 0.4) is 0 Å². The third-order valence-electron chi connectivity index (χ3n) is 3.67. The average molecular weight is 324 g/mol. The molecule has 0 radical (unpaired) electrons. The van der Waals surface area contributed by atoms with Crippen LogP contribution in [0.2, 0.25) is 0 Å². The van der Waals surface area contributed by atoms with Gasteiger partial charge in [-0.15, -0.1) is 0 Å². The molecule has 0 saturated heterocycles. The van der Waals surface area contributed by atoms with Crippen LogP contribution in [-0.4, -0.2) is 23.7 Å². The molecule has 2 atom stereocenters. The second-order valence-corrected chi connectivity index (χ2v) is 5.75. The number of nitrogens with one attached hydrogen (secondary N) is 1. The first-order valence-corrected chi connectivity index (χ1v) is 7.65. The zero-order valence-corrected chi connectivity index (χ0v) is 13.7. The van der Waals surface area contributed by atoms with Crippen molar-refractivity contribution in [2.75, 3.05) is 6.54 Å². The number of carbonyl (C=O) groups excluding carboxylic acids is 1. The highest BCUT2D eigenvalue weighted by Gasteiger charge is 2.25. The fraction of sp³-hybridized carbons (Fsp3) is 0.263. The number of carbonyl (C=O) groups is 1. The number of hydrogen-bond donors (Lipinski definition) is 2. The lowest BCUT2D eigenvalue weighted by atomic mass is 9.96. The summed E-state index contributed by atoms with van der Waals surface area (Å²) in [6, 6.07) is 17.7. The summed E-state index contributed by atoms with van der Waals surface area (Å²) in [6.45, 7) is 3.36. The summed E-state index contributed by atoms with van der Waals surface area (Å²) in [5.41, 5.74) is 0.0924. The number of aliphatic hydroxyl groups is 1. The van der Waals surface area contributed by atoms with E-state index in [0.717, 1.165) is 5.56 Å². The summed E-state index contributed by atoms with van der Waals surface area (Å²) >= 11 is 0. The SMILES string of the molecule is CC(Oc1ccc(C#N)cc1)C(=O)NCC(C)(O)c1ccccc1. The van der Waals surface area contributed by atoms with Crippen LogP contribution in [0.5, 0.6) is 5.75 Å². The summed E-state index contributed by atoms with van der Waals surface area (Å²) in [7, 11) is 0. The van der Waals surface area contributed by atoms with E-state index in [2.05, 4.69) is 5.32 Å². The van der Waals surface area contributed by atoms with Crippen molar-refractivity contribution in [3.8, 4) is 11.8 Å². The summed E-state index contributed by atoms with van der Waals surface area (Å²) in [4.78, 5) is 12.1. The number of hydrogen-bond acceptors (Lipinski definition) is 4. The third kappa shape index (κ3) is 4.58. The number of benzene rings is 2. The van der Waals surface area contributed by atoms with Crippen LogP contribution in [0.15, 0.2) is 54.6 Å². The predicted molar refractivity (Wildman–Crippen MR) is 90.3 cm³/mol. The van der Waals surface area contributed by atoms with Crippen molar-refractivity contribution >= 4 is 5.91 Å². The first-order valence-electron chi connectivity index (χ1n) is 7.65. The maximum atomic E-state index is 12.1. The van der Waals surface area contributed by atoms with E-state index in [-0.39, 0.29) is 12.5 Å². The van der Waals surface area contributed by atoms with E-state index in [1.54, 1.807) is 38.1 Å². The maximum absolute atomic E-state index is 12.1. The molecule has 0 heterocycles. The molecule has 0 bridgehead atoms. The van der Waals surface area contributed by atoms with Gasteiger partial charge in [0, 0.05) is 0 Å². The Morgan fingerprint density at radius 3 is 2.46 bits per heavy atom. The van der Waals surface area contributed by atoms with E-state index < -0.39 is 11.7 Å². The van der Waals surface area contributed by atoms with Crippen molar-refractivity contribution in [3.05, 3.63) is 65.7 Å². The minimum atomic E-state index is -1.16. The Balaban J connectivity index is 1.90. The van der Waals surface area contributed by atoms with Gasteiger partial charge in [0.05, 0.1) is 18.2 Å². The lowest BCUT2D eigenvalue weighted by Crippen LogP contribution is -2.43. The first-order chi connectivity index (χ1) is 11.4. The van der Waals surface area contributed by atoms with Crippen molar-refractivity contribution in [2.24, 2.45) is 0 Å². The number of nitriles is 1. The molecule has 2 N–H and O–H groups in total. The van der Waals surface area contributed by atoms with Gasteiger partial charge in [0.25, 0.3) is 5.91 Å². The average Bonchev–Trinajstić information content (AvgIpc) is 2.61. The van der Waals surface area contributed by atoms with E-state index in [9.17, 15) is 9.90 Å². The van der Waals surface area contributed by atoms with E-state index in [1.165, 1.54) is 0 Å². The molecule has 5 nitrogen and oxygen atoms in total. The molecule has 2 aromatic carbocycles. The fourth-order valence-electron chi connectivity index (χ4n) is 2.17. The standard InChI is InChI=1S/C19H20N2O3/c1-14(24-17-10-8-15(12-20)9-11-17)18(22)21-13-19(2,23)16-6-4-3-5-7-16/h3-11,14,23H,13H2,1-2H3,(H,21,22). The molecule has 0 aliphatic rings.